The van der Waals surface area contributed by atoms with Gasteiger partial charge >= 0.3 is 0 Å². The molecule has 4 rings (SSSR count). The summed E-state index contributed by atoms with van der Waals surface area (Å²) in [6, 6.07) is 17.3. The van der Waals surface area contributed by atoms with Crippen molar-refractivity contribution in [1.29, 1.82) is 0 Å². The minimum atomic E-state index is 0.275. The highest BCUT2D eigenvalue weighted by molar-refractivity contribution is 7.99. The van der Waals surface area contributed by atoms with Gasteiger partial charge < -0.3 is 0 Å². The van der Waals surface area contributed by atoms with E-state index in [1.54, 1.807) is 11.8 Å². The first-order valence-corrected chi connectivity index (χ1v) is 8.42. The van der Waals surface area contributed by atoms with Crippen molar-refractivity contribution in [3.05, 3.63) is 71.0 Å². The Bertz CT molecular complexity index is 824. The van der Waals surface area contributed by atoms with Gasteiger partial charge in [-0.05, 0) is 24.1 Å². The fourth-order valence-electron chi connectivity index (χ4n) is 2.98. The van der Waals surface area contributed by atoms with Crippen LogP contribution in [0, 0.1) is 6.92 Å². The zero-order valence-corrected chi connectivity index (χ0v) is 13.5. The van der Waals surface area contributed by atoms with E-state index in [9.17, 15) is 0 Å². The summed E-state index contributed by atoms with van der Waals surface area (Å²) in [6.07, 6.45) is 0.886. The van der Waals surface area contributed by atoms with Gasteiger partial charge in [0.05, 0.1) is 10.9 Å². The molecule has 4 heteroatoms. The molecular formula is C18H17N3S. The van der Waals surface area contributed by atoms with Crippen LogP contribution in [-0.4, -0.2) is 14.8 Å². The second-order valence-corrected chi connectivity index (χ2v) is 6.63. The zero-order valence-electron chi connectivity index (χ0n) is 12.7. The van der Waals surface area contributed by atoms with Crippen LogP contribution in [0.15, 0.2) is 53.7 Å². The van der Waals surface area contributed by atoms with E-state index in [4.69, 9.17) is 0 Å². The topological polar surface area (TPSA) is 30.7 Å². The summed E-state index contributed by atoms with van der Waals surface area (Å²) >= 11 is 1.79. The monoisotopic (exact) mass is 307 g/mol. The van der Waals surface area contributed by atoms with Crippen LogP contribution < -0.4 is 0 Å². The lowest BCUT2D eigenvalue weighted by atomic mass is 10.00. The molecule has 0 radical (unpaired) electrons. The molecule has 0 fully saturated rings. The van der Waals surface area contributed by atoms with Gasteiger partial charge in [-0.25, -0.2) is 0 Å². The van der Waals surface area contributed by atoms with Crippen molar-refractivity contribution < 1.29 is 0 Å². The third-order valence-electron chi connectivity index (χ3n) is 4.05. The van der Waals surface area contributed by atoms with Crippen molar-refractivity contribution in [1.82, 2.24) is 14.8 Å². The fraction of sp³-hybridized carbons (Fsp3) is 0.222. The Kier molecular flexibility index (Phi) is 3.26. The first kappa shape index (κ1) is 13.6. The van der Waals surface area contributed by atoms with E-state index in [0.717, 1.165) is 17.4 Å². The van der Waals surface area contributed by atoms with Crippen molar-refractivity contribution in [3.63, 3.8) is 0 Å². The molecule has 0 saturated carbocycles. The number of aryl methyl sites for hydroxylation is 2. The number of fused-ring (bicyclic) bond motifs is 3. The highest BCUT2D eigenvalue weighted by Gasteiger charge is 2.29. The van der Waals surface area contributed by atoms with Gasteiger partial charge in [0.1, 0.15) is 5.82 Å². The lowest BCUT2D eigenvalue weighted by Crippen LogP contribution is -2.13. The molecule has 1 aliphatic heterocycles. The maximum Gasteiger partial charge on any atom is 0.196 e. The van der Waals surface area contributed by atoms with E-state index in [0.29, 0.717) is 0 Å². The van der Waals surface area contributed by atoms with Gasteiger partial charge in [0, 0.05) is 6.42 Å². The number of hydrogen-bond donors (Lipinski definition) is 0. The van der Waals surface area contributed by atoms with E-state index >= 15 is 0 Å². The van der Waals surface area contributed by atoms with Gasteiger partial charge in [0.15, 0.2) is 5.16 Å². The van der Waals surface area contributed by atoms with Crippen LogP contribution in [0.5, 0.6) is 0 Å². The SMILES string of the molecule is CCc1nnc2n1-c1ccc(C)cc1C(c1ccccc1)S2. The Morgan fingerprint density at radius 2 is 1.91 bits per heavy atom. The quantitative estimate of drug-likeness (QED) is 0.706. The minimum Gasteiger partial charge on any atom is -0.274 e. The molecule has 0 spiro atoms. The molecule has 0 N–H and O–H groups in total. The molecule has 1 atom stereocenters. The first-order valence-electron chi connectivity index (χ1n) is 7.54. The number of hydrogen-bond acceptors (Lipinski definition) is 3. The lowest BCUT2D eigenvalue weighted by Gasteiger charge is -2.27. The average molecular weight is 307 g/mol. The summed E-state index contributed by atoms with van der Waals surface area (Å²) in [4.78, 5) is 0. The van der Waals surface area contributed by atoms with E-state index < -0.39 is 0 Å². The molecule has 1 aliphatic rings. The molecular weight excluding hydrogens is 290 g/mol. The summed E-state index contributed by atoms with van der Waals surface area (Å²) in [5.41, 5.74) is 5.16. The second kappa shape index (κ2) is 5.29. The molecule has 22 heavy (non-hydrogen) atoms. The summed E-state index contributed by atoms with van der Waals surface area (Å²) < 4.78 is 2.21. The number of thioether (sulfide) groups is 1. The largest absolute Gasteiger partial charge is 0.274 e. The van der Waals surface area contributed by atoms with E-state index in [1.807, 2.05) is 0 Å². The van der Waals surface area contributed by atoms with Crippen LogP contribution in [0.1, 0.15) is 34.7 Å². The molecule has 3 aromatic rings. The minimum absolute atomic E-state index is 0.275. The van der Waals surface area contributed by atoms with Gasteiger partial charge in [-0.2, -0.15) is 0 Å². The van der Waals surface area contributed by atoms with Gasteiger partial charge in [-0.15, -0.1) is 10.2 Å². The van der Waals surface area contributed by atoms with Crippen LogP contribution >= 0.6 is 11.8 Å². The maximum absolute atomic E-state index is 4.40. The van der Waals surface area contributed by atoms with Crippen molar-refractivity contribution >= 4 is 11.8 Å². The van der Waals surface area contributed by atoms with Crippen LogP contribution in [0.4, 0.5) is 0 Å². The van der Waals surface area contributed by atoms with Crippen molar-refractivity contribution in [2.45, 2.75) is 30.7 Å². The molecule has 3 nitrogen and oxygen atoms in total. The number of aromatic nitrogens is 3. The predicted octanol–water partition coefficient (Wildman–Crippen LogP) is 4.33. The molecule has 110 valence electrons. The molecule has 1 unspecified atom stereocenters. The van der Waals surface area contributed by atoms with Gasteiger partial charge in [-0.3, -0.25) is 4.57 Å². The molecule has 2 aromatic carbocycles. The zero-order chi connectivity index (χ0) is 15.1. The van der Waals surface area contributed by atoms with E-state index in [-0.39, 0.29) is 5.25 Å². The van der Waals surface area contributed by atoms with Gasteiger partial charge in [-0.1, -0.05) is 66.7 Å². The third-order valence-corrected chi connectivity index (χ3v) is 5.29. The number of benzene rings is 2. The van der Waals surface area contributed by atoms with Crippen molar-refractivity contribution in [2.24, 2.45) is 0 Å². The van der Waals surface area contributed by atoms with Gasteiger partial charge in [0.25, 0.3) is 0 Å². The highest BCUT2D eigenvalue weighted by Crippen LogP contribution is 2.47. The molecule has 0 amide bonds. The standard InChI is InChI=1S/C18H17N3S/c1-3-16-19-20-18-21(16)15-10-9-12(2)11-14(15)17(22-18)13-7-5-4-6-8-13/h4-11,17H,3H2,1-2H3. The number of rotatable bonds is 2. The average Bonchev–Trinajstić information content (AvgIpc) is 2.98. The van der Waals surface area contributed by atoms with Crippen LogP contribution in [-0.2, 0) is 6.42 Å². The smallest absolute Gasteiger partial charge is 0.196 e. The summed E-state index contributed by atoms with van der Waals surface area (Å²) in [5, 5.41) is 10.0. The van der Waals surface area contributed by atoms with Crippen LogP contribution in [0.2, 0.25) is 0 Å². The molecule has 1 aromatic heterocycles. The highest BCUT2D eigenvalue weighted by atomic mass is 32.2. The van der Waals surface area contributed by atoms with Crippen LogP contribution in [0.3, 0.4) is 0 Å². The van der Waals surface area contributed by atoms with Gasteiger partial charge in [0.2, 0.25) is 0 Å². The fourth-order valence-corrected chi connectivity index (χ4v) is 4.20. The van der Waals surface area contributed by atoms with E-state index in [1.165, 1.54) is 22.4 Å². The maximum atomic E-state index is 4.40. The Morgan fingerprint density at radius 3 is 2.68 bits per heavy atom. The third kappa shape index (κ3) is 2.06. The Labute approximate surface area is 134 Å². The first-order chi connectivity index (χ1) is 10.8. The molecule has 0 saturated heterocycles. The lowest BCUT2D eigenvalue weighted by molar-refractivity contribution is 0.808. The summed E-state index contributed by atoms with van der Waals surface area (Å²) in [5.74, 6) is 1.03. The molecule has 0 aliphatic carbocycles. The van der Waals surface area contributed by atoms with E-state index in [2.05, 4.69) is 77.1 Å². The molecule has 0 bridgehead atoms. The Morgan fingerprint density at radius 1 is 1.09 bits per heavy atom. The molecule has 2 heterocycles. The summed E-state index contributed by atoms with van der Waals surface area (Å²) in [6.45, 7) is 4.27. The predicted molar refractivity (Wildman–Crippen MR) is 89.6 cm³/mol. The Hall–Kier alpha value is -2.07. The van der Waals surface area contributed by atoms with Crippen molar-refractivity contribution in [2.75, 3.05) is 0 Å². The summed E-state index contributed by atoms with van der Waals surface area (Å²) in [7, 11) is 0. The number of nitrogens with zero attached hydrogens (tertiary/aromatic N) is 3. The second-order valence-electron chi connectivity index (χ2n) is 5.56. The normalized spacial score (nSPS) is 16.2. The Balaban J connectivity index is 1.94. The van der Waals surface area contributed by atoms with Crippen LogP contribution in [0.25, 0.3) is 5.69 Å². The van der Waals surface area contributed by atoms with Crippen molar-refractivity contribution in [3.8, 4) is 5.69 Å².